The standard InChI is InChI=1S/C27H24N6O/c1-34-21-7-4-6-19(17-21)26-29-23-9-3-2-8-22(23)27(30-26)28-20-13-11-18(12-14-20)16-25-32-31-24-10-5-15-33(24)25/h2-4,6-9,11-14,17H,5,10,15-16H2,1H3,(H,28,29,30). The Morgan fingerprint density at radius 3 is 2.71 bits per heavy atom. The Labute approximate surface area is 197 Å². The number of fused-ring (bicyclic) bond motifs is 2. The highest BCUT2D eigenvalue weighted by Gasteiger charge is 2.17. The molecule has 34 heavy (non-hydrogen) atoms. The van der Waals surface area contributed by atoms with Gasteiger partial charge in [-0.2, -0.15) is 0 Å². The second-order valence-corrected chi connectivity index (χ2v) is 8.43. The highest BCUT2D eigenvalue weighted by Crippen LogP contribution is 2.29. The monoisotopic (exact) mass is 448 g/mol. The van der Waals surface area contributed by atoms with Crippen molar-refractivity contribution in [3.05, 3.63) is 90.0 Å². The Morgan fingerprint density at radius 2 is 1.82 bits per heavy atom. The first-order valence-electron chi connectivity index (χ1n) is 11.4. The maximum atomic E-state index is 5.38. The van der Waals surface area contributed by atoms with Crippen molar-refractivity contribution in [1.29, 1.82) is 0 Å². The molecule has 0 bridgehead atoms. The third-order valence-electron chi connectivity index (χ3n) is 6.20. The minimum atomic E-state index is 0.650. The van der Waals surface area contributed by atoms with E-state index in [1.54, 1.807) is 7.11 Å². The minimum absolute atomic E-state index is 0.650. The topological polar surface area (TPSA) is 77.8 Å². The van der Waals surface area contributed by atoms with Gasteiger partial charge in [-0.25, -0.2) is 9.97 Å². The van der Waals surface area contributed by atoms with Gasteiger partial charge in [0.1, 0.15) is 23.2 Å². The van der Waals surface area contributed by atoms with Crippen molar-refractivity contribution in [3.8, 4) is 17.1 Å². The van der Waals surface area contributed by atoms with Crippen molar-refractivity contribution in [2.75, 3.05) is 12.4 Å². The van der Waals surface area contributed by atoms with Gasteiger partial charge in [0.05, 0.1) is 12.6 Å². The number of hydrogen-bond donors (Lipinski definition) is 1. The second-order valence-electron chi connectivity index (χ2n) is 8.43. The summed E-state index contributed by atoms with van der Waals surface area (Å²) in [5.41, 5.74) is 3.97. The van der Waals surface area contributed by atoms with Gasteiger partial charge in [-0.05, 0) is 48.4 Å². The van der Waals surface area contributed by atoms with Crippen LogP contribution in [0.1, 0.15) is 23.6 Å². The molecule has 3 heterocycles. The number of nitrogens with zero attached hydrogens (tertiary/aromatic N) is 5. The zero-order valence-corrected chi connectivity index (χ0v) is 18.9. The Kier molecular flexibility index (Phi) is 5.14. The molecular weight excluding hydrogens is 424 g/mol. The molecule has 0 unspecified atom stereocenters. The van der Waals surface area contributed by atoms with Crippen LogP contribution >= 0.6 is 0 Å². The maximum Gasteiger partial charge on any atom is 0.162 e. The maximum absolute atomic E-state index is 5.38. The molecule has 1 N–H and O–H groups in total. The summed E-state index contributed by atoms with van der Waals surface area (Å²) in [4.78, 5) is 9.65. The van der Waals surface area contributed by atoms with Crippen LogP contribution in [0.2, 0.25) is 0 Å². The number of para-hydroxylation sites is 1. The van der Waals surface area contributed by atoms with Gasteiger partial charge < -0.3 is 14.6 Å². The summed E-state index contributed by atoms with van der Waals surface area (Å²) in [6.07, 6.45) is 2.97. The first kappa shape index (κ1) is 20.4. The van der Waals surface area contributed by atoms with Crippen molar-refractivity contribution in [1.82, 2.24) is 24.7 Å². The number of nitrogens with one attached hydrogen (secondary N) is 1. The van der Waals surface area contributed by atoms with Gasteiger partial charge in [-0.1, -0.05) is 36.4 Å². The fourth-order valence-electron chi connectivity index (χ4n) is 4.43. The fourth-order valence-corrected chi connectivity index (χ4v) is 4.43. The number of rotatable bonds is 6. The molecule has 0 spiro atoms. The normalized spacial score (nSPS) is 12.6. The Bertz CT molecular complexity index is 1470. The molecule has 0 atom stereocenters. The zero-order chi connectivity index (χ0) is 22.9. The van der Waals surface area contributed by atoms with Crippen LogP contribution in [0.5, 0.6) is 5.75 Å². The van der Waals surface area contributed by atoms with E-state index in [-0.39, 0.29) is 0 Å². The van der Waals surface area contributed by atoms with Crippen LogP contribution in [-0.4, -0.2) is 31.8 Å². The van der Waals surface area contributed by atoms with Crippen molar-refractivity contribution in [2.45, 2.75) is 25.8 Å². The summed E-state index contributed by atoms with van der Waals surface area (Å²) in [6, 6.07) is 24.3. The smallest absolute Gasteiger partial charge is 0.162 e. The van der Waals surface area contributed by atoms with Crippen LogP contribution < -0.4 is 10.1 Å². The number of hydrogen-bond acceptors (Lipinski definition) is 6. The molecule has 0 radical (unpaired) electrons. The van der Waals surface area contributed by atoms with Crippen molar-refractivity contribution >= 4 is 22.4 Å². The first-order chi connectivity index (χ1) is 16.8. The lowest BCUT2D eigenvalue weighted by atomic mass is 10.1. The van der Waals surface area contributed by atoms with Crippen molar-refractivity contribution in [2.24, 2.45) is 0 Å². The van der Waals surface area contributed by atoms with E-state index in [4.69, 9.17) is 14.7 Å². The summed E-state index contributed by atoms with van der Waals surface area (Å²) < 4.78 is 7.63. The van der Waals surface area contributed by atoms with Gasteiger partial charge in [-0.3, -0.25) is 0 Å². The van der Waals surface area contributed by atoms with E-state index < -0.39 is 0 Å². The number of anilines is 2. The van der Waals surface area contributed by atoms with Crippen LogP contribution in [0, 0.1) is 0 Å². The lowest BCUT2D eigenvalue weighted by Gasteiger charge is -2.12. The number of benzene rings is 3. The average Bonchev–Trinajstić information content (AvgIpc) is 3.50. The molecule has 168 valence electrons. The van der Waals surface area contributed by atoms with E-state index >= 15 is 0 Å². The van der Waals surface area contributed by atoms with Gasteiger partial charge in [0.25, 0.3) is 0 Å². The van der Waals surface area contributed by atoms with E-state index in [0.29, 0.717) is 5.82 Å². The van der Waals surface area contributed by atoms with Gasteiger partial charge in [-0.15, -0.1) is 10.2 Å². The van der Waals surface area contributed by atoms with Crippen LogP contribution in [-0.2, 0) is 19.4 Å². The summed E-state index contributed by atoms with van der Waals surface area (Å²) >= 11 is 0. The zero-order valence-electron chi connectivity index (χ0n) is 18.9. The largest absolute Gasteiger partial charge is 0.497 e. The van der Waals surface area contributed by atoms with E-state index in [9.17, 15) is 0 Å². The van der Waals surface area contributed by atoms with Crippen LogP contribution in [0.4, 0.5) is 11.5 Å². The predicted octanol–water partition coefficient (Wildman–Crippen LogP) is 5.18. The quantitative estimate of drug-likeness (QED) is 0.386. The molecule has 1 aliphatic rings. The number of methoxy groups -OCH3 is 1. The van der Waals surface area contributed by atoms with Crippen LogP contribution in [0.15, 0.2) is 72.8 Å². The Hall–Kier alpha value is -4.26. The fraction of sp³-hybridized carbons (Fsp3) is 0.185. The minimum Gasteiger partial charge on any atom is -0.497 e. The Balaban J connectivity index is 1.29. The van der Waals surface area contributed by atoms with E-state index in [0.717, 1.165) is 71.2 Å². The van der Waals surface area contributed by atoms with E-state index in [2.05, 4.69) is 44.3 Å². The van der Waals surface area contributed by atoms with E-state index in [1.165, 1.54) is 5.56 Å². The summed E-state index contributed by atoms with van der Waals surface area (Å²) in [5.74, 6) is 4.34. The van der Waals surface area contributed by atoms with Crippen LogP contribution in [0.3, 0.4) is 0 Å². The van der Waals surface area contributed by atoms with Gasteiger partial charge in [0.15, 0.2) is 5.82 Å². The SMILES string of the molecule is COc1cccc(-c2nc(Nc3ccc(Cc4nnc5n4CCC5)cc3)c3ccccc3n2)c1. The molecular formula is C27H24N6O. The highest BCUT2D eigenvalue weighted by molar-refractivity contribution is 5.92. The molecule has 2 aromatic heterocycles. The number of aromatic nitrogens is 5. The first-order valence-corrected chi connectivity index (χ1v) is 11.4. The molecule has 1 aliphatic heterocycles. The van der Waals surface area contributed by atoms with E-state index in [1.807, 2.05) is 48.5 Å². The molecule has 7 nitrogen and oxygen atoms in total. The van der Waals surface area contributed by atoms with Crippen LogP contribution in [0.25, 0.3) is 22.3 Å². The Morgan fingerprint density at radius 1 is 0.941 bits per heavy atom. The molecule has 3 aromatic carbocycles. The lowest BCUT2D eigenvalue weighted by Crippen LogP contribution is -2.02. The molecule has 5 aromatic rings. The third kappa shape index (κ3) is 3.85. The molecule has 6 rings (SSSR count). The summed E-state index contributed by atoms with van der Waals surface area (Å²) in [5, 5.41) is 13.2. The van der Waals surface area contributed by atoms with Crippen molar-refractivity contribution < 1.29 is 4.74 Å². The molecule has 0 aliphatic carbocycles. The van der Waals surface area contributed by atoms with Gasteiger partial charge in [0.2, 0.25) is 0 Å². The van der Waals surface area contributed by atoms with Gasteiger partial charge in [0, 0.05) is 36.0 Å². The molecule has 0 fully saturated rings. The molecule has 0 amide bonds. The van der Waals surface area contributed by atoms with Crippen molar-refractivity contribution in [3.63, 3.8) is 0 Å². The number of ether oxygens (including phenoxy) is 1. The second kappa shape index (κ2) is 8.59. The summed E-state index contributed by atoms with van der Waals surface area (Å²) in [7, 11) is 1.66. The molecule has 7 heteroatoms. The highest BCUT2D eigenvalue weighted by atomic mass is 16.5. The summed E-state index contributed by atoms with van der Waals surface area (Å²) in [6.45, 7) is 1.02. The number of aryl methyl sites for hydroxylation is 1. The third-order valence-corrected chi connectivity index (χ3v) is 6.20. The van der Waals surface area contributed by atoms with Gasteiger partial charge >= 0.3 is 0 Å². The average molecular weight is 449 g/mol. The molecule has 0 saturated carbocycles. The predicted molar refractivity (Wildman–Crippen MR) is 132 cm³/mol. The lowest BCUT2D eigenvalue weighted by molar-refractivity contribution is 0.415. The molecule has 0 saturated heterocycles.